The molecule has 0 aromatic heterocycles. The summed E-state index contributed by atoms with van der Waals surface area (Å²) >= 11 is 0. The maximum absolute atomic E-state index is 13.2. The van der Waals surface area contributed by atoms with Crippen LogP contribution < -0.4 is 5.19 Å². The molecule has 0 spiro atoms. The molecule has 28 heavy (non-hydrogen) atoms. The Bertz CT molecular complexity index is 799. The highest BCUT2D eigenvalue weighted by Crippen LogP contribution is 2.34. The quantitative estimate of drug-likeness (QED) is 0.566. The van der Waals surface area contributed by atoms with Crippen LogP contribution in [0.25, 0.3) is 0 Å². The van der Waals surface area contributed by atoms with Crippen molar-refractivity contribution < 1.29 is 9.53 Å². The number of Topliss-reactive ketones (excluding diaryl/α,β-unsaturated/α-hetero) is 1. The molecule has 0 aliphatic carbocycles. The number of nitrogens with zero attached hydrogens (tertiary/aromatic N) is 1. The fourth-order valence-corrected chi connectivity index (χ4v) is 5.79. The summed E-state index contributed by atoms with van der Waals surface area (Å²) in [6, 6.07) is 19.8. The van der Waals surface area contributed by atoms with Gasteiger partial charge < -0.3 is 4.74 Å². The van der Waals surface area contributed by atoms with Crippen molar-refractivity contribution in [2.75, 3.05) is 13.2 Å². The minimum Gasteiger partial charge on any atom is -0.378 e. The van der Waals surface area contributed by atoms with Gasteiger partial charge in [-0.15, -0.1) is 0 Å². The van der Waals surface area contributed by atoms with Crippen LogP contribution in [0.1, 0.15) is 28.8 Å². The molecule has 2 bridgehead atoms. The minimum absolute atomic E-state index is 0.114. The maximum atomic E-state index is 13.2. The van der Waals surface area contributed by atoms with Gasteiger partial charge in [0, 0.05) is 30.1 Å². The van der Waals surface area contributed by atoms with Gasteiger partial charge in [0.2, 0.25) is 0 Å². The van der Waals surface area contributed by atoms with Crippen LogP contribution in [0.2, 0.25) is 19.6 Å². The Morgan fingerprint density at radius 2 is 1.57 bits per heavy atom. The second-order valence-electron chi connectivity index (χ2n) is 9.36. The average molecular weight is 394 g/mol. The van der Waals surface area contributed by atoms with Gasteiger partial charge in [-0.2, -0.15) is 0 Å². The molecule has 4 rings (SSSR count). The first-order chi connectivity index (χ1) is 13.4. The van der Waals surface area contributed by atoms with Gasteiger partial charge in [-0.3, -0.25) is 9.69 Å². The smallest absolute Gasteiger partial charge is 0.166 e. The van der Waals surface area contributed by atoms with Crippen molar-refractivity contribution in [1.82, 2.24) is 4.90 Å². The maximum Gasteiger partial charge on any atom is 0.166 e. The van der Waals surface area contributed by atoms with Crippen LogP contribution >= 0.6 is 0 Å². The van der Waals surface area contributed by atoms with Crippen LogP contribution in [0, 0.1) is 5.92 Å². The largest absolute Gasteiger partial charge is 0.378 e. The second kappa shape index (κ2) is 7.94. The summed E-state index contributed by atoms with van der Waals surface area (Å²) in [5, 5.41) is 1.41. The van der Waals surface area contributed by atoms with Crippen molar-refractivity contribution in [1.29, 1.82) is 0 Å². The third kappa shape index (κ3) is 4.14. The number of carbonyl (C=O) groups excluding carboxylic acids is 1. The van der Waals surface area contributed by atoms with Gasteiger partial charge in [0.05, 0.1) is 21.3 Å². The van der Waals surface area contributed by atoms with Crippen LogP contribution in [0.5, 0.6) is 0 Å². The number of benzene rings is 2. The molecular weight excluding hydrogens is 362 g/mol. The topological polar surface area (TPSA) is 29.5 Å². The Morgan fingerprint density at radius 1 is 0.964 bits per heavy atom. The molecule has 3 nitrogen and oxygen atoms in total. The summed E-state index contributed by atoms with van der Waals surface area (Å²) in [6.45, 7) is 9.45. The third-order valence-electron chi connectivity index (χ3n) is 6.29. The lowest BCUT2D eigenvalue weighted by Crippen LogP contribution is -2.57. The second-order valence-corrected chi connectivity index (χ2v) is 14.4. The van der Waals surface area contributed by atoms with Gasteiger partial charge >= 0.3 is 0 Å². The van der Waals surface area contributed by atoms with E-state index < -0.39 is 8.07 Å². The summed E-state index contributed by atoms with van der Waals surface area (Å²) in [5.74, 6) is 0.432. The number of piperidine rings is 1. The van der Waals surface area contributed by atoms with E-state index in [1.54, 1.807) is 0 Å². The molecule has 148 valence electrons. The molecule has 2 aromatic carbocycles. The number of ketones is 1. The summed E-state index contributed by atoms with van der Waals surface area (Å²) in [4.78, 5) is 15.8. The first-order valence-electron chi connectivity index (χ1n) is 10.4. The van der Waals surface area contributed by atoms with Crippen molar-refractivity contribution in [2.45, 2.75) is 51.1 Å². The zero-order valence-electron chi connectivity index (χ0n) is 17.2. The van der Waals surface area contributed by atoms with E-state index in [-0.39, 0.29) is 5.92 Å². The minimum atomic E-state index is -1.33. The van der Waals surface area contributed by atoms with Crippen LogP contribution in [-0.2, 0) is 11.3 Å². The van der Waals surface area contributed by atoms with E-state index in [0.29, 0.717) is 17.9 Å². The SMILES string of the molecule is C[Si](C)(C)c1ccc(C(=O)C2CC3COCC(C2)N3Cc2ccccc2)cc1. The highest BCUT2D eigenvalue weighted by atomic mass is 28.3. The zero-order valence-corrected chi connectivity index (χ0v) is 18.2. The molecular formula is C24H31NO2Si. The van der Waals surface area contributed by atoms with Crippen molar-refractivity contribution in [2.24, 2.45) is 5.92 Å². The van der Waals surface area contributed by atoms with E-state index in [1.165, 1.54) is 10.8 Å². The highest BCUT2D eigenvalue weighted by molar-refractivity contribution is 6.88. The lowest BCUT2D eigenvalue weighted by Gasteiger charge is -2.48. The number of fused-ring (bicyclic) bond motifs is 2. The summed E-state index contributed by atoms with van der Waals surface area (Å²) in [7, 11) is -1.33. The van der Waals surface area contributed by atoms with E-state index >= 15 is 0 Å². The van der Waals surface area contributed by atoms with Gasteiger partial charge in [0.25, 0.3) is 0 Å². The summed E-state index contributed by atoms with van der Waals surface area (Å²) in [5.41, 5.74) is 2.22. The lowest BCUT2D eigenvalue weighted by molar-refractivity contribution is -0.0872. The van der Waals surface area contributed by atoms with Gasteiger partial charge in [-0.1, -0.05) is 79.4 Å². The molecule has 2 saturated heterocycles. The van der Waals surface area contributed by atoms with Crippen molar-refractivity contribution in [3.63, 3.8) is 0 Å². The first kappa shape index (κ1) is 19.6. The Kier molecular flexibility index (Phi) is 5.54. The monoisotopic (exact) mass is 393 g/mol. The Balaban J connectivity index is 1.47. The van der Waals surface area contributed by atoms with Gasteiger partial charge in [-0.05, 0) is 18.4 Å². The number of rotatable bonds is 5. The summed E-state index contributed by atoms with van der Waals surface area (Å²) in [6.07, 6.45) is 1.80. The van der Waals surface area contributed by atoms with Gasteiger partial charge in [0.15, 0.2) is 5.78 Å². The predicted octanol–water partition coefficient (Wildman–Crippen LogP) is 4.09. The molecule has 0 radical (unpaired) electrons. The molecule has 2 unspecified atom stereocenters. The molecule has 0 saturated carbocycles. The predicted molar refractivity (Wildman–Crippen MR) is 117 cm³/mol. The number of hydrogen-bond acceptors (Lipinski definition) is 3. The van der Waals surface area contributed by atoms with Crippen LogP contribution in [-0.4, -0.2) is 44.1 Å². The van der Waals surface area contributed by atoms with Crippen LogP contribution in [0.15, 0.2) is 54.6 Å². The molecule has 2 aliphatic rings. The normalized spacial score (nSPS) is 25.5. The molecule has 2 fully saturated rings. The molecule has 2 aliphatic heterocycles. The number of carbonyl (C=O) groups is 1. The van der Waals surface area contributed by atoms with E-state index in [0.717, 1.165) is 38.2 Å². The van der Waals surface area contributed by atoms with Gasteiger partial charge in [-0.25, -0.2) is 0 Å². The van der Waals surface area contributed by atoms with Crippen molar-refractivity contribution >= 4 is 19.0 Å². The van der Waals surface area contributed by atoms with Crippen LogP contribution in [0.4, 0.5) is 0 Å². The third-order valence-corrected chi connectivity index (χ3v) is 8.35. The molecule has 2 aromatic rings. The number of hydrogen-bond donors (Lipinski definition) is 0. The van der Waals surface area contributed by atoms with Crippen molar-refractivity contribution in [3.8, 4) is 0 Å². The number of ether oxygens (including phenoxy) is 1. The molecule has 2 atom stereocenters. The van der Waals surface area contributed by atoms with Crippen molar-refractivity contribution in [3.05, 3.63) is 65.7 Å². The Labute approximate surface area is 169 Å². The van der Waals surface area contributed by atoms with E-state index in [4.69, 9.17) is 4.74 Å². The average Bonchev–Trinajstić information content (AvgIpc) is 2.67. The summed E-state index contributed by atoms with van der Waals surface area (Å²) < 4.78 is 5.84. The molecule has 2 heterocycles. The van der Waals surface area contributed by atoms with Gasteiger partial charge in [0.1, 0.15) is 0 Å². The number of morpholine rings is 1. The molecule has 0 amide bonds. The lowest BCUT2D eigenvalue weighted by atomic mass is 9.80. The molecule has 4 heteroatoms. The Morgan fingerprint density at radius 3 is 2.14 bits per heavy atom. The standard InChI is InChI=1S/C24H31NO2Si/c1-28(2,3)23-11-9-19(10-12-23)24(26)20-13-21-16-27-17-22(14-20)25(21)15-18-7-5-4-6-8-18/h4-12,20-22H,13-17H2,1-3H3. The highest BCUT2D eigenvalue weighted by Gasteiger charge is 2.41. The fraction of sp³-hybridized carbons (Fsp3) is 0.458. The van der Waals surface area contributed by atoms with E-state index in [1.807, 2.05) is 0 Å². The van der Waals surface area contributed by atoms with Crippen LogP contribution in [0.3, 0.4) is 0 Å². The fourth-order valence-electron chi connectivity index (χ4n) is 4.63. The Hall–Kier alpha value is -1.75. The van der Waals surface area contributed by atoms with E-state index in [9.17, 15) is 4.79 Å². The first-order valence-corrected chi connectivity index (χ1v) is 13.9. The zero-order chi connectivity index (χ0) is 19.7. The molecule has 0 N–H and O–H groups in total. The van der Waals surface area contributed by atoms with E-state index in [2.05, 4.69) is 79.1 Å².